The van der Waals surface area contributed by atoms with Gasteiger partial charge >= 0.3 is 6.09 Å². The minimum atomic E-state index is -0.582. The number of rotatable bonds is 5. The minimum absolute atomic E-state index is 0.170. The average Bonchev–Trinajstić information content (AvgIpc) is 2.37. The first-order valence-corrected chi connectivity index (χ1v) is 7.04. The fourth-order valence-corrected chi connectivity index (χ4v) is 1.97. The first-order valence-electron chi connectivity index (χ1n) is 7.04. The maximum atomic E-state index is 12.4. The predicted octanol–water partition coefficient (Wildman–Crippen LogP) is 3.53. The van der Waals surface area contributed by atoms with E-state index in [2.05, 4.69) is 6.58 Å². The second-order valence-electron chi connectivity index (χ2n) is 6.17. The molecule has 0 spiro atoms. The molecule has 0 unspecified atom stereocenters. The van der Waals surface area contributed by atoms with E-state index in [1.165, 1.54) is 4.90 Å². The highest BCUT2D eigenvalue weighted by atomic mass is 16.6. The Morgan fingerprint density at radius 1 is 1.33 bits per heavy atom. The fraction of sp³-hybridized carbons (Fsp3) is 0.471. The van der Waals surface area contributed by atoms with Gasteiger partial charge in [0.15, 0.2) is 0 Å². The van der Waals surface area contributed by atoms with Crippen molar-refractivity contribution in [2.75, 3.05) is 13.2 Å². The number of aliphatic hydroxyl groups excluding tert-OH is 1. The van der Waals surface area contributed by atoms with E-state index < -0.39 is 17.7 Å². The van der Waals surface area contributed by atoms with Gasteiger partial charge in [-0.05, 0) is 33.3 Å². The summed E-state index contributed by atoms with van der Waals surface area (Å²) in [7, 11) is 0. The Labute approximate surface area is 127 Å². The summed E-state index contributed by atoms with van der Waals surface area (Å²) in [5, 5.41) is 9.73. The highest BCUT2D eigenvalue weighted by molar-refractivity contribution is 5.69. The van der Waals surface area contributed by atoms with Crippen LogP contribution in [0.4, 0.5) is 4.79 Å². The Balaban J connectivity index is 3.04. The van der Waals surface area contributed by atoms with Crippen LogP contribution in [0.15, 0.2) is 42.5 Å². The van der Waals surface area contributed by atoms with Crippen molar-refractivity contribution in [3.05, 3.63) is 48.0 Å². The molecule has 1 rings (SSSR count). The lowest BCUT2D eigenvalue weighted by molar-refractivity contribution is 0.0113. The second-order valence-corrected chi connectivity index (χ2v) is 6.17. The van der Waals surface area contributed by atoms with Gasteiger partial charge in [0, 0.05) is 6.54 Å². The molecular weight excluding hydrogens is 266 g/mol. The molecule has 0 radical (unpaired) electrons. The lowest BCUT2D eigenvalue weighted by Gasteiger charge is -2.33. The first-order chi connectivity index (χ1) is 9.74. The number of aliphatic hydroxyl groups is 1. The van der Waals surface area contributed by atoms with Gasteiger partial charge in [-0.25, -0.2) is 4.79 Å². The number of carbonyl (C=O) groups is 1. The normalized spacial score (nSPS) is 12.6. The zero-order valence-electron chi connectivity index (χ0n) is 13.3. The molecule has 0 saturated heterocycles. The van der Waals surface area contributed by atoms with Gasteiger partial charge in [-0.15, -0.1) is 0 Å². The van der Waals surface area contributed by atoms with Crippen molar-refractivity contribution in [1.29, 1.82) is 0 Å². The predicted molar refractivity (Wildman–Crippen MR) is 84.0 cm³/mol. The van der Waals surface area contributed by atoms with Gasteiger partial charge in [0.05, 0.1) is 12.6 Å². The molecular formula is C17H25NO3. The van der Waals surface area contributed by atoms with Crippen molar-refractivity contribution >= 4 is 6.09 Å². The molecule has 1 atom stereocenters. The Kier molecular flexibility index (Phi) is 5.97. The summed E-state index contributed by atoms with van der Waals surface area (Å²) in [4.78, 5) is 13.9. The molecule has 1 aromatic carbocycles. The Bertz CT molecular complexity index is 477. The Morgan fingerprint density at radius 2 is 1.90 bits per heavy atom. The van der Waals surface area contributed by atoms with E-state index in [4.69, 9.17) is 4.74 Å². The van der Waals surface area contributed by atoms with Crippen LogP contribution < -0.4 is 0 Å². The van der Waals surface area contributed by atoms with Crippen LogP contribution in [0.3, 0.4) is 0 Å². The van der Waals surface area contributed by atoms with Crippen LogP contribution in [0.2, 0.25) is 0 Å². The van der Waals surface area contributed by atoms with Gasteiger partial charge in [-0.3, -0.25) is 4.90 Å². The molecule has 0 aliphatic carbocycles. The SMILES string of the molecule is C=C(C)CN(C(=O)OC(C)(C)C)[C@@H](CO)c1ccccc1. The molecule has 0 heterocycles. The van der Waals surface area contributed by atoms with Gasteiger partial charge in [-0.1, -0.05) is 42.5 Å². The smallest absolute Gasteiger partial charge is 0.411 e. The zero-order chi connectivity index (χ0) is 16.0. The third-order valence-corrected chi connectivity index (χ3v) is 2.80. The van der Waals surface area contributed by atoms with Crippen molar-refractivity contribution in [1.82, 2.24) is 4.90 Å². The second kappa shape index (κ2) is 7.27. The van der Waals surface area contributed by atoms with Crippen LogP contribution in [-0.4, -0.2) is 34.9 Å². The molecule has 4 heteroatoms. The summed E-state index contributed by atoms with van der Waals surface area (Å²) in [6, 6.07) is 8.98. The van der Waals surface area contributed by atoms with Gasteiger partial charge in [-0.2, -0.15) is 0 Å². The molecule has 1 N–H and O–H groups in total. The largest absolute Gasteiger partial charge is 0.444 e. The van der Waals surface area contributed by atoms with Crippen molar-refractivity contribution < 1.29 is 14.6 Å². The summed E-state index contributed by atoms with van der Waals surface area (Å²) in [5.74, 6) is 0. The van der Waals surface area contributed by atoms with Crippen molar-refractivity contribution in [3.63, 3.8) is 0 Å². The molecule has 116 valence electrons. The molecule has 1 amide bonds. The number of benzene rings is 1. The first kappa shape index (κ1) is 17.2. The quantitative estimate of drug-likeness (QED) is 0.844. The summed E-state index contributed by atoms with van der Waals surface area (Å²) >= 11 is 0. The fourth-order valence-electron chi connectivity index (χ4n) is 1.97. The van der Waals surface area contributed by atoms with Crippen LogP contribution >= 0.6 is 0 Å². The van der Waals surface area contributed by atoms with Crippen molar-refractivity contribution in [3.8, 4) is 0 Å². The molecule has 0 saturated carbocycles. The van der Waals surface area contributed by atoms with E-state index in [0.29, 0.717) is 6.54 Å². The number of amides is 1. The van der Waals surface area contributed by atoms with E-state index in [0.717, 1.165) is 11.1 Å². The maximum absolute atomic E-state index is 12.4. The molecule has 21 heavy (non-hydrogen) atoms. The van der Waals surface area contributed by atoms with E-state index in [-0.39, 0.29) is 6.61 Å². The van der Waals surface area contributed by atoms with Crippen LogP contribution in [0, 0.1) is 0 Å². The lowest BCUT2D eigenvalue weighted by Crippen LogP contribution is -2.41. The Morgan fingerprint density at radius 3 is 2.33 bits per heavy atom. The van der Waals surface area contributed by atoms with Gasteiger partial charge in [0.2, 0.25) is 0 Å². The maximum Gasteiger partial charge on any atom is 0.411 e. The highest BCUT2D eigenvalue weighted by Gasteiger charge is 2.28. The van der Waals surface area contributed by atoms with Crippen LogP contribution in [0.5, 0.6) is 0 Å². The minimum Gasteiger partial charge on any atom is -0.444 e. The molecule has 4 nitrogen and oxygen atoms in total. The van der Waals surface area contributed by atoms with Gasteiger partial charge < -0.3 is 9.84 Å². The summed E-state index contributed by atoms with van der Waals surface area (Å²) in [6.45, 7) is 11.3. The van der Waals surface area contributed by atoms with Crippen LogP contribution in [0.25, 0.3) is 0 Å². The number of hydrogen-bond acceptors (Lipinski definition) is 3. The van der Waals surface area contributed by atoms with E-state index >= 15 is 0 Å². The van der Waals surface area contributed by atoms with Crippen LogP contribution in [-0.2, 0) is 4.74 Å². The van der Waals surface area contributed by atoms with E-state index in [1.807, 2.05) is 58.0 Å². The molecule has 0 bridgehead atoms. The number of hydrogen-bond donors (Lipinski definition) is 1. The lowest BCUT2D eigenvalue weighted by atomic mass is 10.1. The monoisotopic (exact) mass is 291 g/mol. The average molecular weight is 291 g/mol. The van der Waals surface area contributed by atoms with Crippen molar-refractivity contribution in [2.24, 2.45) is 0 Å². The molecule has 1 aromatic rings. The third-order valence-electron chi connectivity index (χ3n) is 2.80. The zero-order valence-corrected chi connectivity index (χ0v) is 13.3. The van der Waals surface area contributed by atoms with Gasteiger partial charge in [0.25, 0.3) is 0 Å². The standard InChI is InChI=1S/C17H25NO3/c1-13(2)11-18(16(20)21-17(3,4)5)15(12-19)14-9-7-6-8-10-14/h6-10,15,19H,1,11-12H2,2-5H3/t15-/m0/s1. The summed E-state index contributed by atoms with van der Waals surface area (Å²) in [6.07, 6.45) is -0.451. The third kappa shape index (κ3) is 5.60. The molecule has 0 aliphatic rings. The number of carbonyl (C=O) groups excluding carboxylic acids is 1. The Hall–Kier alpha value is -1.81. The number of ether oxygens (including phenoxy) is 1. The van der Waals surface area contributed by atoms with Gasteiger partial charge in [0.1, 0.15) is 5.60 Å². The highest BCUT2D eigenvalue weighted by Crippen LogP contribution is 2.23. The van der Waals surface area contributed by atoms with Crippen LogP contribution in [0.1, 0.15) is 39.3 Å². The van der Waals surface area contributed by atoms with E-state index in [1.54, 1.807) is 0 Å². The van der Waals surface area contributed by atoms with E-state index in [9.17, 15) is 9.90 Å². The number of nitrogens with zero attached hydrogens (tertiary/aromatic N) is 1. The molecule has 0 aromatic heterocycles. The molecule has 0 aliphatic heterocycles. The van der Waals surface area contributed by atoms with Crippen molar-refractivity contribution in [2.45, 2.75) is 39.3 Å². The molecule has 0 fully saturated rings. The summed E-state index contributed by atoms with van der Waals surface area (Å²) in [5.41, 5.74) is 1.11. The summed E-state index contributed by atoms with van der Waals surface area (Å²) < 4.78 is 5.44. The topological polar surface area (TPSA) is 49.8 Å².